The molecule has 1 aromatic heterocycles. The van der Waals surface area contributed by atoms with Gasteiger partial charge in [0.15, 0.2) is 0 Å². The zero-order chi connectivity index (χ0) is 10.8. The summed E-state index contributed by atoms with van der Waals surface area (Å²) in [4.78, 5) is 8.88. The van der Waals surface area contributed by atoms with Crippen LogP contribution in [0.3, 0.4) is 0 Å². The fraction of sp³-hybridized carbons (Fsp3) is 0.636. The molecule has 78 valence electrons. The highest BCUT2D eigenvalue weighted by molar-refractivity contribution is 5.19. The van der Waals surface area contributed by atoms with Crippen LogP contribution in [-0.4, -0.2) is 9.97 Å². The molecular formula is C11H19N3. The van der Waals surface area contributed by atoms with Gasteiger partial charge in [-0.2, -0.15) is 0 Å². The first-order chi connectivity index (χ1) is 6.49. The van der Waals surface area contributed by atoms with Gasteiger partial charge in [-0.15, -0.1) is 0 Å². The van der Waals surface area contributed by atoms with Gasteiger partial charge in [0, 0.05) is 29.4 Å². The van der Waals surface area contributed by atoms with E-state index in [1.165, 1.54) is 0 Å². The highest BCUT2D eigenvalue weighted by Gasteiger charge is 2.18. The predicted molar refractivity (Wildman–Crippen MR) is 58.0 cm³/mol. The molecular weight excluding hydrogens is 174 g/mol. The van der Waals surface area contributed by atoms with E-state index in [1.54, 1.807) is 0 Å². The van der Waals surface area contributed by atoms with Gasteiger partial charge in [-0.3, -0.25) is 0 Å². The Hall–Kier alpha value is -0.960. The van der Waals surface area contributed by atoms with Gasteiger partial charge in [-0.1, -0.05) is 27.7 Å². The Morgan fingerprint density at radius 3 is 2.43 bits per heavy atom. The van der Waals surface area contributed by atoms with Crippen molar-refractivity contribution in [2.24, 2.45) is 5.73 Å². The van der Waals surface area contributed by atoms with Gasteiger partial charge in [0.2, 0.25) is 0 Å². The predicted octanol–water partition coefficient (Wildman–Crippen LogP) is 1.80. The molecule has 1 rings (SSSR count). The van der Waals surface area contributed by atoms with Crippen LogP contribution in [0.1, 0.15) is 44.8 Å². The molecule has 0 atom stereocenters. The van der Waals surface area contributed by atoms with Gasteiger partial charge < -0.3 is 5.73 Å². The second-order valence-corrected chi connectivity index (χ2v) is 4.47. The van der Waals surface area contributed by atoms with Crippen LogP contribution in [0.25, 0.3) is 0 Å². The topological polar surface area (TPSA) is 51.8 Å². The van der Waals surface area contributed by atoms with Crippen molar-refractivity contribution in [2.75, 3.05) is 0 Å². The van der Waals surface area contributed by atoms with Crippen molar-refractivity contribution >= 4 is 0 Å². The Kier molecular flexibility index (Phi) is 3.21. The van der Waals surface area contributed by atoms with Crippen molar-refractivity contribution in [3.05, 3.63) is 23.3 Å². The standard InChI is InChI=1S/C11H19N3/c1-5-9-8(6-12)7-13-10(14-9)11(2,3)4/h7H,5-6,12H2,1-4H3. The molecule has 0 aliphatic rings. The van der Waals surface area contributed by atoms with E-state index >= 15 is 0 Å². The van der Waals surface area contributed by atoms with Gasteiger partial charge in [-0.05, 0) is 6.42 Å². The second-order valence-electron chi connectivity index (χ2n) is 4.47. The number of hydrogen-bond acceptors (Lipinski definition) is 3. The molecule has 1 aromatic rings. The lowest BCUT2D eigenvalue weighted by atomic mass is 9.95. The number of hydrogen-bond donors (Lipinski definition) is 1. The smallest absolute Gasteiger partial charge is 0.133 e. The summed E-state index contributed by atoms with van der Waals surface area (Å²) < 4.78 is 0. The van der Waals surface area contributed by atoms with Crippen LogP contribution in [0.2, 0.25) is 0 Å². The van der Waals surface area contributed by atoms with E-state index in [-0.39, 0.29) is 5.41 Å². The highest BCUT2D eigenvalue weighted by atomic mass is 14.9. The summed E-state index contributed by atoms with van der Waals surface area (Å²) in [5.74, 6) is 0.895. The second kappa shape index (κ2) is 4.05. The average Bonchev–Trinajstić information content (AvgIpc) is 2.15. The Balaban J connectivity index is 3.14. The molecule has 2 N–H and O–H groups in total. The molecule has 3 heteroatoms. The summed E-state index contributed by atoms with van der Waals surface area (Å²) in [6, 6.07) is 0. The quantitative estimate of drug-likeness (QED) is 0.779. The summed E-state index contributed by atoms with van der Waals surface area (Å²) in [6.07, 6.45) is 2.77. The number of aromatic nitrogens is 2. The van der Waals surface area contributed by atoms with Crippen LogP contribution in [-0.2, 0) is 18.4 Å². The van der Waals surface area contributed by atoms with E-state index in [9.17, 15) is 0 Å². The summed E-state index contributed by atoms with van der Waals surface area (Å²) in [7, 11) is 0. The lowest BCUT2D eigenvalue weighted by Gasteiger charge is -2.17. The van der Waals surface area contributed by atoms with Crippen molar-refractivity contribution in [1.29, 1.82) is 0 Å². The minimum atomic E-state index is 0.0110. The SMILES string of the molecule is CCc1nc(C(C)(C)C)ncc1CN. The molecule has 0 bridgehead atoms. The van der Waals surface area contributed by atoms with E-state index in [1.807, 2.05) is 6.20 Å². The Bertz CT molecular complexity index is 313. The minimum Gasteiger partial charge on any atom is -0.326 e. The maximum atomic E-state index is 5.61. The van der Waals surface area contributed by atoms with Crippen molar-refractivity contribution in [2.45, 2.75) is 46.1 Å². The van der Waals surface area contributed by atoms with E-state index in [0.717, 1.165) is 23.5 Å². The van der Waals surface area contributed by atoms with Crippen molar-refractivity contribution in [3.8, 4) is 0 Å². The molecule has 3 nitrogen and oxygen atoms in total. The molecule has 14 heavy (non-hydrogen) atoms. The van der Waals surface area contributed by atoms with Crippen LogP contribution >= 0.6 is 0 Å². The molecule has 0 saturated heterocycles. The first kappa shape index (κ1) is 11.1. The summed E-state index contributed by atoms with van der Waals surface area (Å²) >= 11 is 0. The monoisotopic (exact) mass is 193 g/mol. The van der Waals surface area contributed by atoms with Gasteiger partial charge in [0.1, 0.15) is 5.82 Å². The zero-order valence-corrected chi connectivity index (χ0v) is 9.46. The van der Waals surface area contributed by atoms with Crippen LogP contribution in [0.15, 0.2) is 6.20 Å². The average molecular weight is 193 g/mol. The Labute approximate surface area is 85.8 Å². The van der Waals surface area contributed by atoms with Gasteiger partial charge in [0.05, 0.1) is 0 Å². The van der Waals surface area contributed by atoms with Crippen LogP contribution in [0, 0.1) is 0 Å². The Morgan fingerprint density at radius 2 is 2.00 bits per heavy atom. The third-order valence-corrected chi connectivity index (χ3v) is 2.18. The molecule has 0 radical (unpaired) electrons. The normalized spacial score (nSPS) is 11.8. The van der Waals surface area contributed by atoms with Gasteiger partial charge in [-0.25, -0.2) is 9.97 Å². The van der Waals surface area contributed by atoms with Crippen molar-refractivity contribution in [1.82, 2.24) is 9.97 Å². The maximum Gasteiger partial charge on any atom is 0.133 e. The van der Waals surface area contributed by atoms with Crippen LogP contribution in [0.4, 0.5) is 0 Å². The van der Waals surface area contributed by atoms with Gasteiger partial charge >= 0.3 is 0 Å². The summed E-state index contributed by atoms with van der Waals surface area (Å²) in [5.41, 5.74) is 7.75. The molecule has 0 saturated carbocycles. The van der Waals surface area contributed by atoms with E-state index in [2.05, 4.69) is 37.7 Å². The fourth-order valence-electron chi connectivity index (χ4n) is 1.28. The molecule has 0 unspecified atom stereocenters. The number of nitrogens with zero attached hydrogens (tertiary/aromatic N) is 2. The fourth-order valence-corrected chi connectivity index (χ4v) is 1.28. The summed E-state index contributed by atoms with van der Waals surface area (Å²) in [6.45, 7) is 8.96. The highest BCUT2D eigenvalue weighted by Crippen LogP contribution is 2.19. The molecule has 0 aromatic carbocycles. The van der Waals surface area contributed by atoms with Crippen molar-refractivity contribution < 1.29 is 0 Å². The van der Waals surface area contributed by atoms with Crippen LogP contribution in [0.5, 0.6) is 0 Å². The summed E-state index contributed by atoms with van der Waals surface area (Å²) in [5, 5.41) is 0. The van der Waals surface area contributed by atoms with Gasteiger partial charge in [0.25, 0.3) is 0 Å². The molecule has 1 heterocycles. The van der Waals surface area contributed by atoms with Crippen molar-refractivity contribution in [3.63, 3.8) is 0 Å². The molecule has 0 spiro atoms. The molecule has 0 fully saturated rings. The third kappa shape index (κ3) is 2.29. The first-order valence-electron chi connectivity index (χ1n) is 5.04. The largest absolute Gasteiger partial charge is 0.326 e. The molecule has 0 amide bonds. The lowest BCUT2D eigenvalue weighted by molar-refractivity contribution is 0.540. The Morgan fingerprint density at radius 1 is 1.36 bits per heavy atom. The lowest BCUT2D eigenvalue weighted by Crippen LogP contribution is -2.18. The maximum absolute atomic E-state index is 5.61. The van der Waals surface area contributed by atoms with E-state index in [4.69, 9.17) is 5.73 Å². The van der Waals surface area contributed by atoms with Crippen LogP contribution < -0.4 is 5.73 Å². The minimum absolute atomic E-state index is 0.0110. The van der Waals surface area contributed by atoms with E-state index < -0.39 is 0 Å². The third-order valence-electron chi connectivity index (χ3n) is 2.18. The first-order valence-corrected chi connectivity index (χ1v) is 5.04. The number of aryl methyl sites for hydroxylation is 1. The molecule has 0 aliphatic heterocycles. The zero-order valence-electron chi connectivity index (χ0n) is 9.46. The molecule has 0 aliphatic carbocycles. The number of nitrogens with two attached hydrogens (primary N) is 1. The van der Waals surface area contributed by atoms with E-state index in [0.29, 0.717) is 6.54 Å². The number of rotatable bonds is 2.